The molecule has 1 N–H and O–H groups in total. The van der Waals surface area contributed by atoms with Crippen LogP contribution < -0.4 is 10.2 Å². The highest BCUT2D eigenvalue weighted by molar-refractivity contribution is 7.10. The molecule has 2 amide bonds. The zero-order chi connectivity index (χ0) is 18.9. The molecule has 0 atom stereocenters. The average molecular weight is 383 g/mol. The highest BCUT2D eigenvalue weighted by Crippen LogP contribution is 2.44. The molecule has 4 nitrogen and oxygen atoms in total. The third-order valence-corrected chi connectivity index (χ3v) is 7.03. The number of thiophene rings is 1. The third kappa shape index (κ3) is 3.41. The van der Waals surface area contributed by atoms with Gasteiger partial charge in [-0.1, -0.05) is 18.9 Å². The first kappa shape index (κ1) is 18.2. The number of carbonyl (C=O) groups excluding carboxylic acids is 2. The largest absolute Gasteiger partial charge is 0.325 e. The lowest BCUT2D eigenvalue weighted by Gasteiger charge is -2.29. The predicted octanol–water partition coefficient (Wildman–Crippen LogP) is 5.02. The van der Waals surface area contributed by atoms with Crippen LogP contribution in [-0.4, -0.2) is 18.4 Å². The maximum atomic E-state index is 13.2. The van der Waals surface area contributed by atoms with E-state index in [1.165, 1.54) is 4.88 Å². The number of amides is 2. The van der Waals surface area contributed by atoms with Crippen molar-refractivity contribution in [2.24, 2.45) is 0 Å². The summed E-state index contributed by atoms with van der Waals surface area (Å²) in [6.45, 7) is 2.80. The average Bonchev–Trinajstić information content (AvgIpc) is 3.35. The number of piperidine rings is 1. The van der Waals surface area contributed by atoms with Gasteiger partial charge in [0.1, 0.15) is 0 Å². The van der Waals surface area contributed by atoms with E-state index in [1.807, 2.05) is 36.1 Å². The zero-order valence-corrected chi connectivity index (χ0v) is 16.6. The van der Waals surface area contributed by atoms with Gasteiger partial charge in [-0.3, -0.25) is 9.59 Å². The Labute approximate surface area is 164 Å². The number of anilines is 2. The molecule has 0 radical (unpaired) electrons. The second-order valence-corrected chi connectivity index (χ2v) is 8.67. The van der Waals surface area contributed by atoms with Gasteiger partial charge in [0.2, 0.25) is 11.8 Å². The number of rotatable bonds is 4. The Morgan fingerprint density at radius 1 is 1.15 bits per heavy atom. The van der Waals surface area contributed by atoms with Gasteiger partial charge in [0.05, 0.1) is 5.41 Å². The van der Waals surface area contributed by atoms with Crippen molar-refractivity contribution in [1.82, 2.24) is 0 Å². The van der Waals surface area contributed by atoms with Gasteiger partial charge in [-0.05, 0) is 67.8 Å². The fourth-order valence-corrected chi connectivity index (χ4v) is 5.45. The van der Waals surface area contributed by atoms with Crippen molar-refractivity contribution >= 4 is 34.5 Å². The lowest BCUT2D eigenvalue weighted by atomic mass is 9.83. The summed E-state index contributed by atoms with van der Waals surface area (Å²) in [7, 11) is 0. The summed E-state index contributed by atoms with van der Waals surface area (Å²) in [6, 6.07) is 10.0. The first-order valence-electron chi connectivity index (χ1n) is 9.87. The maximum absolute atomic E-state index is 13.2. The van der Waals surface area contributed by atoms with Crippen LogP contribution in [0.15, 0.2) is 35.7 Å². The molecule has 2 fully saturated rings. The Kier molecular flexibility index (Phi) is 5.04. The Balaban J connectivity index is 1.55. The molecule has 1 aromatic carbocycles. The quantitative estimate of drug-likeness (QED) is 0.807. The second kappa shape index (κ2) is 7.47. The smallest absolute Gasteiger partial charge is 0.235 e. The minimum Gasteiger partial charge on any atom is -0.325 e. The number of nitrogens with zero attached hydrogens (tertiary/aromatic N) is 1. The van der Waals surface area contributed by atoms with Gasteiger partial charge in [-0.2, -0.15) is 0 Å². The highest BCUT2D eigenvalue weighted by atomic mass is 32.1. The number of hydrogen-bond donors (Lipinski definition) is 1. The molecule has 4 rings (SSSR count). The zero-order valence-electron chi connectivity index (χ0n) is 15.8. The van der Waals surface area contributed by atoms with Crippen molar-refractivity contribution in [3.05, 3.63) is 46.2 Å². The molecule has 1 aliphatic carbocycles. The van der Waals surface area contributed by atoms with Crippen LogP contribution in [0.5, 0.6) is 0 Å². The molecular formula is C22H26N2O2S. The minimum atomic E-state index is -0.385. The molecule has 0 spiro atoms. The van der Waals surface area contributed by atoms with Crippen LogP contribution in [0.4, 0.5) is 11.4 Å². The van der Waals surface area contributed by atoms with E-state index in [0.29, 0.717) is 6.42 Å². The maximum Gasteiger partial charge on any atom is 0.235 e. The van der Waals surface area contributed by atoms with Crippen molar-refractivity contribution in [2.75, 3.05) is 16.8 Å². The van der Waals surface area contributed by atoms with E-state index in [0.717, 1.165) is 62.0 Å². The molecule has 0 unspecified atom stereocenters. The van der Waals surface area contributed by atoms with Gasteiger partial charge in [0.25, 0.3) is 0 Å². The van der Waals surface area contributed by atoms with Gasteiger partial charge in [-0.25, -0.2) is 0 Å². The summed E-state index contributed by atoms with van der Waals surface area (Å²) < 4.78 is 0. The number of hydrogen-bond acceptors (Lipinski definition) is 3. The molecular weight excluding hydrogens is 356 g/mol. The van der Waals surface area contributed by atoms with Gasteiger partial charge >= 0.3 is 0 Å². The van der Waals surface area contributed by atoms with Crippen LogP contribution in [-0.2, 0) is 15.0 Å². The fraction of sp³-hybridized carbons (Fsp3) is 0.455. The van der Waals surface area contributed by atoms with E-state index in [-0.39, 0.29) is 17.2 Å². The molecule has 2 aliphatic rings. The van der Waals surface area contributed by atoms with Crippen LogP contribution >= 0.6 is 11.3 Å². The van der Waals surface area contributed by atoms with E-state index in [4.69, 9.17) is 0 Å². The van der Waals surface area contributed by atoms with Crippen molar-refractivity contribution in [3.8, 4) is 0 Å². The molecule has 2 heterocycles. The predicted molar refractivity (Wildman–Crippen MR) is 110 cm³/mol. The van der Waals surface area contributed by atoms with Gasteiger partial charge in [0, 0.05) is 29.2 Å². The Hall–Kier alpha value is -2.14. The lowest BCUT2D eigenvalue weighted by molar-refractivity contribution is -0.121. The van der Waals surface area contributed by atoms with E-state index in [9.17, 15) is 9.59 Å². The Bertz CT molecular complexity index is 838. The summed E-state index contributed by atoms with van der Waals surface area (Å²) in [5, 5.41) is 5.21. The lowest BCUT2D eigenvalue weighted by Crippen LogP contribution is -2.37. The van der Waals surface area contributed by atoms with Crippen molar-refractivity contribution in [1.29, 1.82) is 0 Å². The number of carbonyl (C=O) groups is 2. The van der Waals surface area contributed by atoms with E-state index in [1.54, 1.807) is 11.3 Å². The minimum absolute atomic E-state index is 0.101. The highest BCUT2D eigenvalue weighted by Gasteiger charge is 2.43. The second-order valence-electron chi connectivity index (χ2n) is 7.72. The first-order chi connectivity index (χ1) is 13.1. The summed E-state index contributed by atoms with van der Waals surface area (Å²) in [5.41, 5.74) is 2.42. The summed E-state index contributed by atoms with van der Waals surface area (Å²) >= 11 is 1.68. The van der Waals surface area contributed by atoms with Crippen molar-refractivity contribution < 1.29 is 9.59 Å². The number of aryl methyl sites for hydroxylation is 1. The monoisotopic (exact) mass is 382 g/mol. The number of benzene rings is 1. The van der Waals surface area contributed by atoms with Crippen LogP contribution in [0.1, 0.15) is 55.4 Å². The molecule has 1 saturated carbocycles. The molecule has 5 heteroatoms. The third-order valence-electron chi connectivity index (χ3n) is 5.95. The van der Waals surface area contributed by atoms with Crippen LogP contribution in [0, 0.1) is 6.92 Å². The van der Waals surface area contributed by atoms with Crippen LogP contribution in [0.3, 0.4) is 0 Å². The molecule has 0 bridgehead atoms. The van der Waals surface area contributed by atoms with Crippen LogP contribution in [0.25, 0.3) is 0 Å². The summed E-state index contributed by atoms with van der Waals surface area (Å²) in [5.74, 6) is 0.299. The fourth-order valence-electron chi connectivity index (χ4n) is 4.46. The summed E-state index contributed by atoms with van der Waals surface area (Å²) in [4.78, 5) is 28.5. The normalized spacial score (nSPS) is 19.3. The SMILES string of the molecule is Cc1cc(NC(=O)C2(c3cccs3)CCCC2)ccc1N1CCCCC1=O. The van der Waals surface area contributed by atoms with Crippen molar-refractivity contribution in [2.45, 2.75) is 57.3 Å². The first-order valence-corrected chi connectivity index (χ1v) is 10.7. The van der Waals surface area contributed by atoms with Gasteiger partial charge in [0.15, 0.2) is 0 Å². The topological polar surface area (TPSA) is 49.4 Å². The molecule has 1 aliphatic heterocycles. The van der Waals surface area contributed by atoms with Crippen LogP contribution in [0.2, 0.25) is 0 Å². The number of nitrogens with one attached hydrogen (secondary N) is 1. The van der Waals surface area contributed by atoms with E-state index in [2.05, 4.69) is 16.8 Å². The van der Waals surface area contributed by atoms with E-state index < -0.39 is 0 Å². The van der Waals surface area contributed by atoms with E-state index >= 15 is 0 Å². The van der Waals surface area contributed by atoms with Gasteiger partial charge in [-0.15, -0.1) is 11.3 Å². The molecule has 27 heavy (non-hydrogen) atoms. The Morgan fingerprint density at radius 3 is 2.63 bits per heavy atom. The molecule has 1 saturated heterocycles. The molecule has 142 valence electrons. The van der Waals surface area contributed by atoms with Gasteiger partial charge < -0.3 is 10.2 Å². The Morgan fingerprint density at radius 2 is 1.96 bits per heavy atom. The van der Waals surface area contributed by atoms with Crippen molar-refractivity contribution in [3.63, 3.8) is 0 Å². The molecule has 1 aromatic heterocycles. The summed E-state index contributed by atoms with van der Waals surface area (Å²) in [6.07, 6.45) is 6.68. The molecule has 2 aromatic rings. The standard InChI is InChI=1S/C22H26N2O2S/c1-16-15-17(9-10-18(16)24-13-5-2-8-20(24)25)23-21(26)22(11-3-4-12-22)19-7-6-14-27-19/h6-7,9-10,14-15H,2-5,8,11-13H2,1H3,(H,23,26).